The number of pyridine rings is 1. The molecular weight excluding hydrogens is 851 g/mol. The minimum atomic E-state index is 0. The number of hydrogen-bond donors (Lipinski definition) is 0. The fraction of sp³-hybridized carbons (Fsp3) is 0.160. The SMILES string of the molecule is CC(C)c1cc(-c2ccccc2)cc(C(C)C)c1-n1c(-c2[c-]ccc3c2oc2ccccc23)nc2ccccc21.Cc1c[c-]c(-c2ccc(C)cn2)cc1.[Ir]. The number of rotatable bonds is 6. The number of aromatic nitrogens is 3. The fourth-order valence-electron chi connectivity index (χ4n) is 7.18. The number of aryl methyl sites for hydroxylation is 2. The predicted octanol–water partition coefficient (Wildman–Crippen LogP) is 13.5. The molecule has 0 aliphatic carbocycles. The van der Waals surface area contributed by atoms with E-state index in [0.29, 0.717) is 11.8 Å². The zero-order chi connectivity index (χ0) is 37.3. The van der Waals surface area contributed by atoms with Crippen molar-refractivity contribution in [1.82, 2.24) is 14.5 Å². The number of fused-ring (bicyclic) bond motifs is 4. The molecule has 0 atom stereocenters. The molecule has 1 radical (unpaired) electrons. The molecule has 9 aromatic rings. The van der Waals surface area contributed by atoms with Crippen LogP contribution in [0.4, 0.5) is 0 Å². The summed E-state index contributed by atoms with van der Waals surface area (Å²) in [6.45, 7) is 13.2. The first kappa shape index (κ1) is 37.7. The Kier molecular flexibility index (Phi) is 11.0. The molecule has 6 aromatic carbocycles. The normalized spacial score (nSPS) is 11.3. The van der Waals surface area contributed by atoms with E-state index in [4.69, 9.17) is 9.40 Å². The van der Waals surface area contributed by atoms with Gasteiger partial charge in [-0.15, -0.1) is 53.6 Å². The molecular formula is C50H43IrN3O-2. The fourth-order valence-corrected chi connectivity index (χ4v) is 7.18. The standard InChI is InChI=1S/C37H31N2O.C13H12N.Ir/c1-23(2)30-21-26(25-13-6-5-7-14-25)22-31(24(3)4)35(30)39-33-19-10-9-18-32(33)38-37(39)29-17-12-16-28-27-15-8-11-20-34(27)40-36(28)29;1-10-3-6-12(7-4-10)13-8-5-11(2)9-14-13;/h5-16,18-24H,1-4H3;3-6,8-9H,1-2H3;/q2*-1;. The summed E-state index contributed by atoms with van der Waals surface area (Å²) in [5.41, 5.74) is 15.3. The van der Waals surface area contributed by atoms with Crippen LogP contribution in [0.25, 0.3) is 72.4 Å². The summed E-state index contributed by atoms with van der Waals surface area (Å²) in [5.74, 6) is 1.45. The molecule has 4 nitrogen and oxygen atoms in total. The Bertz CT molecular complexity index is 2650. The van der Waals surface area contributed by atoms with Crippen LogP contribution in [0, 0.1) is 26.0 Å². The van der Waals surface area contributed by atoms with Gasteiger partial charge in [0.1, 0.15) is 5.58 Å². The van der Waals surface area contributed by atoms with Crippen molar-refractivity contribution < 1.29 is 24.5 Å². The minimum Gasteiger partial charge on any atom is -0.501 e. The number of imidazole rings is 1. The van der Waals surface area contributed by atoms with Gasteiger partial charge >= 0.3 is 0 Å². The maximum absolute atomic E-state index is 6.47. The predicted molar refractivity (Wildman–Crippen MR) is 224 cm³/mol. The van der Waals surface area contributed by atoms with E-state index in [2.05, 4.69) is 153 Å². The van der Waals surface area contributed by atoms with Gasteiger partial charge in [0.15, 0.2) is 0 Å². The van der Waals surface area contributed by atoms with Crippen molar-refractivity contribution in [3.8, 4) is 39.5 Å². The average molecular weight is 894 g/mol. The average Bonchev–Trinajstić information content (AvgIpc) is 3.77. The molecule has 0 bridgehead atoms. The second kappa shape index (κ2) is 16.0. The van der Waals surface area contributed by atoms with Crippen LogP contribution in [0.1, 0.15) is 61.8 Å². The topological polar surface area (TPSA) is 43.9 Å². The van der Waals surface area contributed by atoms with Gasteiger partial charge in [-0.25, -0.2) is 0 Å². The summed E-state index contributed by atoms with van der Waals surface area (Å²) in [4.78, 5) is 9.58. The molecule has 3 aromatic heterocycles. The van der Waals surface area contributed by atoms with Crippen molar-refractivity contribution in [2.75, 3.05) is 0 Å². The van der Waals surface area contributed by atoms with Crippen LogP contribution in [0.5, 0.6) is 0 Å². The number of nitrogens with zero attached hydrogens (tertiary/aromatic N) is 3. The monoisotopic (exact) mass is 894 g/mol. The van der Waals surface area contributed by atoms with E-state index in [-0.39, 0.29) is 20.1 Å². The van der Waals surface area contributed by atoms with Crippen LogP contribution in [0.15, 0.2) is 144 Å². The third-order valence-corrected chi connectivity index (χ3v) is 10.0. The molecule has 0 unspecified atom stereocenters. The Morgan fingerprint density at radius 1 is 0.655 bits per heavy atom. The van der Waals surface area contributed by atoms with Crippen molar-refractivity contribution >= 4 is 33.0 Å². The zero-order valence-corrected chi connectivity index (χ0v) is 34.4. The van der Waals surface area contributed by atoms with E-state index >= 15 is 0 Å². The van der Waals surface area contributed by atoms with Crippen LogP contribution in [-0.2, 0) is 20.1 Å². The van der Waals surface area contributed by atoms with Crippen LogP contribution in [0.3, 0.4) is 0 Å². The molecule has 0 aliphatic rings. The number of para-hydroxylation sites is 3. The van der Waals surface area contributed by atoms with Crippen molar-refractivity contribution in [3.05, 3.63) is 174 Å². The largest absolute Gasteiger partial charge is 0.501 e. The van der Waals surface area contributed by atoms with E-state index in [0.717, 1.165) is 55.6 Å². The van der Waals surface area contributed by atoms with Crippen LogP contribution < -0.4 is 0 Å². The van der Waals surface area contributed by atoms with Gasteiger partial charge < -0.3 is 14.0 Å². The van der Waals surface area contributed by atoms with E-state index in [1.165, 1.54) is 39.1 Å². The first-order valence-corrected chi connectivity index (χ1v) is 18.7. The van der Waals surface area contributed by atoms with Gasteiger partial charge in [-0.2, -0.15) is 0 Å². The van der Waals surface area contributed by atoms with Crippen molar-refractivity contribution in [2.24, 2.45) is 0 Å². The molecule has 275 valence electrons. The van der Waals surface area contributed by atoms with Gasteiger partial charge in [0.05, 0.1) is 22.4 Å². The molecule has 0 aliphatic heterocycles. The second-order valence-electron chi connectivity index (χ2n) is 14.6. The van der Waals surface area contributed by atoms with E-state index in [1.54, 1.807) is 0 Å². The van der Waals surface area contributed by atoms with Gasteiger partial charge in [-0.05, 0) is 82.6 Å². The Hall–Kier alpha value is -5.61. The molecule has 0 saturated heterocycles. The summed E-state index contributed by atoms with van der Waals surface area (Å²) in [6, 6.07) is 53.0. The van der Waals surface area contributed by atoms with Crippen molar-refractivity contribution in [3.63, 3.8) is 0 Å². The molecule has 55 heavy (non-hydrogen) atoms. The Morgan fingerprint density at radius 3 is 2.04 bits per heavy atom. The Labute approximate surface area is 337 Å². The van der Waals surface area contributed by atoms with Gasteiger partial charge in [-0.1, -0.05) is 118 Å². The van der Waals surface area contributed by atoms with Gasteiger partial charge in [0.2, 0.25) is 0 Å². The van der Waals surface area contributed by atoms with Gasteiger partial charge in [0, 0.05) is 37.4 Å². The third kappa shape index (κ3) is 7.43. The van der Waals surface area contributed by atoms with Crippen LogP contribution in [-0.4, -0.2) is 14.5 Å². The first-order chi connectivity index (χ1) is 26.3. The minimum absolute atomic E-state index is 0. The Balaban J connectivity index is 0.000000262. The number of benzene rings is 6. The first-order valence-electron chi connectivity index (χ1n) is 18.7. The molecule has 3 heterocycles. The molecule has 5 heteroatoms. The summed E-state index contributed by atoms with van der Waals surface area (Å²) >= 11 is 0. The van der Waals surface area contributed by atoms with Crippen LogP contribution in [0.2, 0.25) is 0 Å². The van der Waals surface area contributed by atoms with E-state index in [1.807, 2.05) is 49.5 Å². The Morgan fingerprint density at radius 2 is 1.35 bits per heavy atom. The summed E-state index contributed by atoms with van der Waals surface area (Å²) < 4.78 is 8.83. The molecule has 0 amide bonds. The van der Waals surface area contributed by atoms with Gasteiger partial charge in [-0.3, -0.25) is 4.98 Å². The van der Waals surface area contributed by atoms with E-state index < -0.39 is 0 Å². The number of hydrogen-bond acceptors (Lipinski definition) is 3. The second-order valence-corrected chi connectivity index (χ2v) is 14.6. The maximum atomic E-state index is 6.47. The summed E-state index contributed by atoms with van der Waals surface area (Å²) in [7, 11) is 0. The van der Waals surface area contributed by atoms with Crippen LogP contribution >= 0.6 is 0 Å². The van der Waals surface area contributed by atoms with Crippen molar-refractivity contribution in [2.45, 2.75) is 53.4 Å². The quantitative estimate of drug-likeness (QED) is 0.156. The van der Waals surface area contributed by atoms with Crippen molar-refractivity contribution in [1.29, 1.82) is 0 Å². The molecule has 9 rings (SSSR count). The van der Waals surface area contributed by atoms with E-state index in [9.17, 15) is 0 Å². The zero-order valence-electron chi connectivity index (χ0n) is 32.0. The summed E-state index contributed by atoms with van der Waals surface area (Å²) in [6.07, 6.45) is 1.88. The molecule has 0 saturated carbocycles. The summed E-state index contributed by atoms with van der Waals surface area (Å²) in [5, 5.41) is 2.18. The smallest absolute Gasteiger partial charge is 0.120 e. The molecule has 0 N–H and O–H groups in total. The molecule has 0 spiro atoms. The maximum Gasteiger partial charge on any atom is 0.120 e. The van der Waals surface area contributed by atoms with Gasteiger partial charge in [0.25, 0.3) is 0 Å². The third-order valence-electron chi connectivity index (χ3n) is 10.0. The number of furan rings is 1. The molecule has 0 fully saturated rings.